The standard InChI is InChI=1S/C46H41BrO6S/c1-30-14-13-15-31(2)45(30)54-46-40-38(50-28-34-18-9-5-10-19-34)26-39(51-29-35-20-11-6-12-21-35)41(47)43(40)53-42(44(46)52-32(3)48)36-22-24-37(25-23-36)49-27-33-16-7-4-8-17-33/h4-26,42,44,46H,27-29H2,1-3H3/t42-,44+,46+/m1/s1. The van der Waals surface area contributed by atoms with Crippen LogP contribution in [0.15, 0.2) is 149 Å². The first-order chi connectivity index (χ1) is 26.3. The van der Waals surface area contributed by atoms with Crippen molar-refractivity contribution in [3.63, 3.8) is 0 Å². The van der Waals surface area contributed by atoms with Crippen LogP contribution >= 0.6 is 27.7 Å². The third-order valence-corrected chi connectivity index (χ3v) is 11.6. The molecule has 0 saturated carbocycles. The van der Waals surface area contributed by atoms with Gasteiger partial charge >= 0.3 is 5.97 Å². The van der Waals surface area contributed by atoms with E-state index in [4.69, 9.17) is 23.7 Å². The van der Waals surface area contributed by atoms with E-state index in [-0.39, 0.29) is 0 Å². The molecule has 8 heteroatoms. The number of halogens is 1. The van der Waals surface area contributed by atoms with Gasteiger partial charge in [-0.2, -0.15) is 0 Å². The summed E-state index contributed by atoms with van der Waals surface area (Å²) in [7, 11) is 0. The molecule has 0 fully saturated rings. The quantitative estimate of drug-likeness (QED) is 0.108. The molecule has 54 heavy (non-hydrogen) atoms. The van der Waals surface area contributed by atoms with Gasteiger partial charge in [0.15, 0.2) is 12.2 Å². The van der Waals surface area contributed by atoms with Crippen molar-refractivity contribution in [3.8, 4) is 23.0 Å². The monoisotopic (exact) mass is 800 g/mol. The normalized spacial score (nSPS) is 16.1. The molecule has 0 aliphatic carbocycles. The lowest BCUT2D eigenvalue weighted by Gasteiger charge is -2.40. The number of aryl methyl sites for hydroxylation is 2. The van der Waals surface area contributed by atoms with Gasteiger partial charge in [0.05, 0.1) is 10.8 Å². The van der Waals surface area contributed by atoms with Crippen LogP contribution in [0.1, 0.15) is 57.2 Å². The Hall–Kier alpha value is -5.18. The Kier molecular flexibility index (Phi) is 11.9. The van der Waals surface area contributed by atoms with Gasteiger partial charge in [0, 0.05) is 17.9 Å². The summed E-state index contributed by atoms with van der Waals surface area (Å²) in [4.78, 5) is 14.1. The minimum Gasteiger partial charge on any atom is -0.489 e. The van der Waals surface area contributed by atoms with Crippen LogP contribution in [0, 0.1) is 13.8 Å². The molecule has 1 aliphatic heterocycles. The summed E-state index contributed by atoms with van der Waals surface area (Å²) < 4.78 is 33.2. The highest BCUT2D eigenvalue weighted by atomic mass is 79.9. The highest BCUT2D eigenvalue weighted by molar-refractivity contribution is 9.10. The van der Waals surface area contributed by atoms with Gasteiger partial charge in [0.2, 0.25) is 0 Å². The first-order valence-corrected chi connectivity index (χ1v) is 19.5. The van der Waals surface area contributed by atoms with E-state index >= 15 is 0 Å². The van der Waals surface area contributed by atoms with Crippen molar-refractivity contribution in [2.75, 3.05) is 0 Å². The molecule has 274 valence electrons. The number of ether oxygens (including phenoxy) is 5. The molecule has 0 aromatic heterocycles. The Morgan fingerprint density at radius 2 is 1.19 bits per heavy atom. The van der Waals surface area contributed by atoms with Crippen molar-refractivity contribution in [2.24, 2.45) is 0 Å². The summed E-state index contributed by atoms with van der Waals surface area (Å²) in [5, 5.41) is -0.429. The molecule has 1 aliphatic rings. The summed E-state index contributed by atoms with van der Waals surface area (Å²) in [5.41, 5.74) is 6.99. The van der Waals surface area contributed by atoms with Crippen molar-refractivity contribution in [1.29, 1.82) is 0 Å². The minimum atomic E-state index is -0.725. The molecule has 0 spiro atoms. The highest BCUT2D eigenvalue weighted by Crippen LogP contribution is 2.59. The third kappa shape index (κ3) is 8.78. The average molecular weight is 802 g/mol. The van der Waals surface area contributed by atoms with Gasteiger partial charge in [-0.15, -0.1) is 11.8 Å². The number of fused-ring (bicyclic) bond motifs is 1. The average Bonchev–Trinajstić information content (AvgIpc) is 3.19. The molecule has 0 unspecified atom stereocenters. The van der Waals surface area contributed by atoms with Crippen LogP contribution < -0.4 is 18.9 Å². The molecular formula is C46H41BrO6S. The first-order valence-electron chi connectivity index (χ1n) is 17.9. The van der Waals surface area contributed by atoms with Crippen LogP contribution in [-0.2, 0) is 29.4 Å². The van der Waals surface area contributed by atoms with Crippen molar-refractivity contribution in [3.05, 3.63) is 183 Å². The third-order valence-electron chi connectivity index (χ3n) is 9.20. The Balaban J connectivity index is 1.33. The molecular weight excluding hydrogens is 760 g/mol. The second kappa shape index (κ2) is 17.3. The van der Waals surface area contributed by atoms with Crippen LogP contribution in [-0.4, -0.2) is 12.1 Å². The van der Waals surface area contributed by atoms with Crippen LogP contribution in [0.3, 0.4) is 0 Å². The predicted molar refractivity (Wildman–Crippen MR) is 216 cm³/mol. The maximum Gasteiger partial charge on any atom is 0.303 e. The minimum absolute atomic E-state index is 0.319. The fourth-order valence-electron chi connectivity index (χ4n) is 6.50. The van der Waals surface area contributed by atoms with E-state index in [2.05, 4.69) is 48.0 Å². The molecule has 6 aromatic carbocycles. The zero-order valence-electron chi connectivity index (χ0n) is 30.4. The van der Waals surface area contributed by atoms with E-state index < -0.39 is 23.4 Å². The van der Waals surface area contributed by atoms with Crippen LogP contribution in [0.2, 0.25) is 0 Å². The SMILES string of the molecule is CC(=O)O[C@H]1[C@@H](c2ccc(OCc3ccccc3)cc2)Oc2c(Br)c(OCc3ccccc3)cc(OCc3ccccc3)c2[C@@H]1Sc1c(C)cccc1C. The van der Waals surface area contributed by atoms with Crippen molar-refractivity contribution < 1.29 is 28.5 Å². The van der Waals surface area contributed by atoms with Crippen LogP contribution in [0.5, 0.6) is 23.0 Å². The lowest BCUT2D eigenvalue weighted by Crippen LogP contribution is -2.37. The molecule has 3 atom stereocenters. The molecule has 0 saturated heterocycles. The number of carbonyl (C=O) groups is 1. The van der Waals surface area contributed by atoms with Crippen molar-refractivity contribution >= 4 is 33.7 Å². The van der Waals surface area contributed by atoms with E-state index in [0.717, 1.165) is 49.6 Å². The molecule has 0 N–H and O–H groups in total. The summed E-state index contributed by atoms with van der Waals surface area (Å²) in [6, 6.07) is 46.1. The van der Waals surface area contributed by atoms with E-state index in [1.54, 1.807) is 11.8 Å². The maximum absolute atomic E-state index is 13.0. The number of rotatable bonds is 13. The molecule has 1 heterocycles. The van der Waals surface area contributed by atoms with Gasteiger partial charge in [-0.25, -0.2) is 0 Å². The number of carbonyl (C=O) groups excluding carboxylic acids is 1. The van der Waals surface area contributed by atoms with Gasteiger partial charge in [-0.1, -0.05) is 121 Å². The van der Waals surface area contributed by atoms with Gasteiger partial charge in [-0.3, -0.25) is 4.79 Å². The van der Waals surface area contributed by atoms with E-state index in [9.17, 15) is 4.79 Å². The van der Waals surface area contributed by atoms with E-state index in [1.165, 1.54) is 6.92 Å². The van der Waals surface area contributed by atoms with E-state index in [1.807, 2.05) is 121 Å². The zero-order chi connectivity index (χ0) is 37.4. The highest BCUT2D eigenvalue weighted by Gasteiger charge is 2.46. The second-order valence-corrected chi connectivity index (χ2v) is 15.1. The van der Waals surface area contributed by atoms with Crippen molar-refractivity contribution in [1.82, 2.24) is 0 Å². The summed E-state index contributed by atoms with van der Waals surface area (Å²) in [5.74, 6) is 2.06. The van der Waals surface area contributed by atoms with Gasteiger partial charge < -0.3 is 23.7 Å². The summed E-state index contributed by atoms with van der Waals surface area (Å²) >= 11 is 5.55. The lowest BCUT2D eigenvalue weighted by molar-refractivity contribution is -0.152. The molecule has 0 radical (unpaired) electrons. The number of hydrogen-bond acceptors (Lipinski definition) is 7. The Morgan fingerprint density at radius 3 is 1.72 bits per heavy atom. The number of thioether (sulfide) groups is 1. The fourth-order valence-corrected chi connectivity index (χ4v) is 8.48. The fraction of sp³-hybridized carbons (Fsp3) is 0.196. The topological polar surface area (TPSA) is 63.2 Å². The van der Waals surface area contributed by atoms with Crippen LogP contribution in [0.4, 0.5) is 0 Å². The smallest absolute Gasteiger partial charge is 0.303 e. The molecule has 0 amide bonds. The second-order valence-electron chi connectivity index (χ2n) is 13.2. The number of esters is 1. The van der Waals surface area contributed by atoms with Gasteiger partial charge in [-0.05, 0) is 75.3 Å². The first kappa shape index (κ1) is 37.1. The van der Waals surface area contributed by atoms with Crippen LogP contribution in [0.25, 0.3) is 0 Å². The maximum atomic E-state index is 13.0. The Labute approximate surface area is 329 Å². The van der Waals surface area contributed by atoms with Crippen molar-refractivity contribution in [2.45, 2.75) is 62.9 Å². The van der Waals surface area contributed by atoms with Gasteiger partial charge in [0.25, 0.3) is 0 Å². The number of benzene rings is 6. The predicted octanol–water partition coefficient (Wildman–Crippen LogP) is 11.7. The summed E-state index contributed by atoms with van der Waals surface area (Å²) in [6.07, 6.45) is -1.40. The largest absolute Gasteiger partial charge is 0.489 e. The Bertz CT molecular complexity index is 2160. The number of hydrogen-bond donors (Lipinski definition) is 0. The molecule has 7 rings (SSSR count). The molecule has 6 nitrogen and oxygen atoms in total. The molecule has 0 bridgehead atoms. The summed E-state index contributed by atoms with van der Waals surface area (Å²) in [6.45, 7) is 6.76. The Morgan fingerprint density at radius 1 is 0.667 bits per heavy atom. The lowest BCUT2D eigenvalue weighted by atomic mass is 9.93. The van der Waals surface area contributed by atoms with E-state index in [0.29, 0.717) is 41.5 Å². The zero-order valence-corrected chi connectivity index (χ0v) is 32.8. The molecule has 6 aromatic rings. The van der Waals surface area contributed by atoms with Gasteiger partial charge in [0.1, 0.15) is 47.3 Å².